The Labute approximate surface area is 150 Å². The van der Waals surface area contributed by atoms with Gasteiger partial charge in [-0.25, -0.2) is 0 Å². The van der Waals surface area contributed by atoms with Crippen LogP contribution >= 0.6 is 0 Å². The smallest absolute Gasteiger partial charge is 0.0675 e. The van der Waals surface area contributed by atoms with E-state index < -0.39 is 5.60 Å². The molecule has 3 N–H and O–H groups in total. The molecular weight excluding hydrogens is 312 g/mol. The molecule has 1 heterocycles. The molecule has 3 unspecified atom stereocenters. The van der Waals surface area contributed by atoms with Crippen LogP contribution < -0.4 is 0 Å². The van der Waals surface area contributed by atoms with Crippen molar-refractivity contribution in [1.29, 1.82) is 0 Å². The maximum atomic E-state index is 11.1. The maximum absolute atomic E-state index is 11.1. The molecule has 138 valence electrons. The van der Waals surface area contributed by atoms with Crippen molar-refractivity contribution in [2.75, 3.05) is 0 Å². The topological polar surface area (TPSA) is 69.1 Å². The van der Waals surface area contributed by atoms with Crippen LogP contribution in [0.15, 0.2) is 6.20 Å². The molecule has 0 saturated heterocycles. The Hall–Kier alpha value is -0.870. The molecular formula is C21H32N2O2. The molecule has 4 aliphatic carbocycles. The second kappa shape index (κ2) is 4.89. The number of fused-ring (bicyclic) bond motifs is 6. The number of nitrogens with one attached hydrogen (secondary N) is 1. The third-order valence-electron chi connectivity index (χ3n) is 9.47. The van der Waals surface area contributed by atoms with Gasteiger partial charge < -0.3 is 10.2 Å². The molecule has 3 fully saturated rings. The Bertz CT molecular complexity index is 698. The minimum atomic E-state index is -0.546. The number of aliphatic hydroxyl groups excluding tert-OH is 1. The highest BCUT2D eigenvalue weighted by Gasteiger charge is 2.64. The Morgan fingerprint density at radius 3 is 2.68 bits per heavy atom. The van der Waals surface area contributed by atoms with Gasteiger partial charge in [0.25, 0.3) is 0 Å². The zero-order chi connectivity index (χ0) is 17.6. The van der Waals surface area contributed by atoms with E-state index in [4.69, 9.17) is 0 Å². The summed E-state index contributed by atoms with van der Waals surface area (Å²) < 4.78 is 0. The molecule has 25 heavy (non-hydrogen) atoms. The second-order valence-corrected chi connectivity index (χ2v) is 10.3. The van der Waals surface area contributed by atoms with Crippen LogP contribution in [0.4, 0.5) is 0 Å². The van der Waals surface area contributed by atoms with Gasteiger partial charge >= 0.3 is 0 Å². The molecule has 1 aromatic heterocycles. The van der Waals surface area contributed by atoms with Crippen molar-refractivity contribution < 1.29 is 10.2 Å². The van der Waals surface area contributed by atoms with Crippen molar-refractivity contribution in [2.45, 2.75) is 77.4 Å². The van der Waals surface area contributed by atoms with E-state index in [1.54, 1.807) is 0 Å². The van der Waals surface area contributed by atoms with Crippen LogP contribution in [0.25, 0.3) is 0 Å². The monoisotopic (exact) mass is 344 g/mol. The molecule has 1 aromatic rings. The molecule has 3 saturated carbocycles. The summed E-state index contributed by atoms with van der Waals surface area (Å²) >= 11 is 0. The summed E-state index contributed by atoms with van der Waals surface area (Å²) in [5, 5.41) is 29.6. The number of hydrogen-bond acceptors (Lipinski definition) is 3. The SMILES string of the molecule is C[C@]1(O)CCC2C3C[C@@H](O)[C@H]4Cc5[nH]ncc5C[C@]4(C)C3CC[C@@]21C. The van der Waals surface area contributed by atoms with Crippen molar-refractivity contribution in [3.05, 3.63) is 17.5 Å². The normalized spacial score (nSPS) is 54.4. The number of hydrogen-bond donors (Lipinski definition) is 3. The highest BCUT2D eigenvalue weighted by atomic mass is 16.3. The molecule has 4 heteroatoms. The van der Waals surface area contributed by atoms with Crippen LogP contribution in [0.3, 0.4) is 0 Å². The molecule has 0 radical (unpaired) electrons. The minimum absolute atomic E-state index is 0.0204. The van der Waals surface area contributed by atoms with Crippen LogP contribution in [0.5, 0.6) is 0 Å². The highest BCUT2D eigenvalue weighted by molar-refractivity contribution is 5.27. The van der Waals surface area contributed by atoms with E-state index in [2.05, 4.69) is 31.0 Å². The first-order valence-corrected chi connectivity index (χ1v) is 10.2. The fourth-order valence-electron chi connectivity index (χ4n) is 7.76. The average Bonchev–Trinajstić information content (AvgIpc) is 3.08. The molecule has 0 aromatic carbocycles. The summed E-state index contributed by atoms with van der Waals surface area (Å²) in [6.07, 6.45) is 9.04. The van der Waals surface area contributed by atoms with E-state index in [9.17, 15) is 10.2 Å². The number of nitrogens with zero attached hydrogens (tertiary/aromatic N) is 1. The third kappa shape index (κ3) is 1.93. The van der Waals surface area contributed by atoms with Crippen LogP contribution in [0, 0.1) is 34.5 Å². The zero-order valence-electron chi connectivity index (χ0n) is 15.8. The summed E-state index contributed by atoms with van der Waals surface area (Å²) in [7, 11) is 0. The van der Waals surface area contributed by atoms with Crippen molar-refractivity contribution in [3.8, 4) is 0 Å². The fourth-order valence-corrected chi connectivity index (χ4v) is 7.76. The molecule has 4 nitrogen and oxygen atoms in total. The molecule has 4 aliphatic rings. The summed E-state index contributed by atoms with van der Waals surface area (Å²) in [4.78, 5) is 0. The van der Waals surface area contributed by atoms with Gasteiger partial charge in [0.2, 0.25) is 0 Å². The predicted molar refractivity (Wildman–Crippen MR) is 95.9 cm³/mol. The van der Waals surface area contributed by atoms with Crippen LogP contribution in [0.2, 0.25) is 0 Å². The molecule has 0 amide bonds. The Morgan fingerprint density at radius 1 is 1.12 bits per heavy atom. The minimum Gasteiger partial charge on any atom is -0.393 e. The fraction of sp³-hybridized carbons (Fsp3) is 0.857. The first kappa shape index (κ1) is 16.3. The second-order valence-electron chi connectivity index (χ2n) is 10.3. The number of H-pyrrole nitrogens is 1. The van der Waals surface area contributed by atoms with Crippen molar-refractivity contribution in [2.24, 2.45) is 34.5 Å². The largest absolute Gasteiger partial charge is 0.393 e. The van der Waals surface area contributed by atoms with Gasteiger partial charge in [0.15, 0.2) is 0 Å². The number of aromatic nitrogens is 2. The molecule has 0 spiro atoms. The van der Waals surface area contributed by atoms with Crippen molar-refractivity contribution in [3.63, 3.8) is 0 Å². The lowest BCUT2D eigenvalue weighted by molar-refractivity contribution is -0.167. The van der Waals surface area contributed by atoms with Crippen LogP contribution in [-0.2, 0) is 12.8 Å². The summed E-state index contributed by atoms with van der Waals surface area (Å²) in [5.41, 5.74) is 2.24. The van der Waals surface area contributed by atoms with E-state index in [-0.39, 0.29) is 16.9 Å². The van der Waals surface area contributed by atoms with Gasteiger partial charge in [-0.15, -0.1) is 0 Å². The van der Waals surface area contributed by atoms with E-state index in [0.717, 1.165) is 38.5 Å². The number of aliphatic hydroxyl groups is 2. The lowest BCUT2D eigenvalue weighted by Gasteiger charge is -2.61. The molecule has 0 aliphatic heterocycles. The van der Waals surface area contributed by atoms with Gasteiger partial charge in [-0.3, -0.25) is 5.10 Å². The Morgan fingerprint density at radius 2 is 1.88 bits per heavy atom. The zero-order valence-corrected chi connectivity index (χ0v) is 15.8. The Balaban J connectivity index is 1.54. The lowest BCUT2D eigenvalue weighted by atomic mass is 9.44. The van der Waals surface area contributed by atoms with E-state index in [0.29, 0.717) is 23.7 Å². The highest BCUT2D eigenvalue weighted by Crippen LogP contribution is 2.67. The van der Waals surface area contributed by atoms with E-state index >= 15 is 0 Å². The van der Waals surface area contributed by atoms with Gasteiger partial charge in [-0.1, -0.05) is 13.8 Å². The van der Waals surface area contributed by atoms with Gasteiger partial charge in [-0.2, -0.15) is 5.10 Å². The molecule has 8 atom stereocenters. The predicted octanol–water partition coefficient (Wildman–Crippen LogP) is 3.09. The van der Waals surface area contributed by atoms with Crippen molar-refractivity contribution >= 4 is 0 Å². The third-order valence-corrected chi connectivity index (χ3v) is 9.47. The van der Waals surface area contributed by atoms with E-state index in [1.807, 2.05) is 6.20 Å². The first-order chi connectivity index (χ1) is 11.8. The van der Waals surface area contributed by atoms with Gasteiger partial charge in [0.1, 0.15) is 0 Å². The average molecular weight is 344 g/mol. The standard InChI is InChI=1S/C21H32N2O2/c1-19-10-12-11-22-23-17(12)9-16(19)18(24)8-13-14(19)4-6-20(2)15(13)5-7-21(20,3)25/h11,13-16,18,24-25H,4-10H2,1-3H3,(H,22,23)/t13?,14?,15?,16-,18-,19-,20+,21+/m1/s1. The van der Waals surface area contributed by atoms with Gasteiger partial charge in [-0.05, 0) is 91.9 Å². The van der Waals surface area contributed by atoms with Crippen LogP contribution in [0.1, 0.15) is 64.1 Å². The summed E-state index contributed by atoms with van der Waals surface area (Å²) in [5.74, 6) is 2.11. The number of rotatable bonds is 0. The van der Waals surface area contributed by atoms with Gasteiger partial charge in [0.05, 0.1) is 17.9 Å². The van der Waals surface area contributed by atoms with E-state index in [1.165, 1.54) is 17.7 Å². The first-order valence-electron chi connectivity index (χ1n) is 10.2. The summed E-state index contributed by atoms with van der Waals surface area (Å²) in [6, 6.07) is 0. The van der Waals surface area contributed by atoms with Crippen molar-refractivity contribution in [1.82, 2.24) is 10.2 Å². The van der Waals surface area contributed by atoms with Crippen LogP contribution in [-0.4, -0.2) is 32.1 Å². The quantitative estimate of drug-likeness (QED) is 0.677. The summed E-state index contributed by atoms with van der Waals surface area (Å²) in [6.45, 7) is 6.80. The molecule has 0 bridgehead atoms. The Kier molecular flexibility index (Phi) is 3.19. The van der Waals surface area contributed by atoms with Gasteiger partial charge in [0, 0.05) is 5.69 Å². The number of aromatic amines is 1. The maximum Gasteiger partial charge on any atom is 0.0675 e. The molecule has 5 rings (SSSR count). The lowest BCUT2D eigenvalue weighted by Crippen LogP contribution is -2.59.